The number of benzene rings is 1. The first-order chi connectivity index (χ1) is 9.92. The van der Waals surface area contributed by atoms with E-state index in [1.165, 1.54) is 16.8 Å². The standard InChI is InChI=1S/C12H9N2.C5H5.2ClH.Ti/c1-2-4-11-8-12(7-10(11)3-1)14-6-5-13-9-14;1-2-4-5-3-1;;;/h1-9H;1-3H,4H2;2*1H;/q;;;;+2/p-2. The molecule has 0 aliphatic heterocycles. The van der Waals surface area contributed by atoms with Gasteiger partial charge in [0, 0.05) is 0 Å². The SMILES string of the molecule is C1=CC[C]([Ti+2][CH]2C(n3ccnc3)=Cc3ccccc32)=C1.[Cl-].[Cl-]. The molecule has 1 heterocycles. The van der Waals surface area contributed by atoms with Crippen LogP contribution in [0.2, 0.25) is 0 Å². The quantitative estimate of drug-likeness (QED) is 0.569. The molecule has 2 aromatic rings. The summed E-state index contributed by atoms with van der Waals surface area (Å²) in [6.07, 6.45) is 16.1. The van der Waals surface area contributed by atoms with E-state index < -0.39 is 0 Å². The van der Waals surface area contributed by atoms with Crippen molar-refractivity contribution in [2.75, 3.05) is 0 Å². The van der Waals surface area contributed by atoms with Gasteiger partial charge in [0.25, 0.3) is 0 Å². The fraction of sp³-hybridized carbons (Fsp3) is 0.118. The van der Waals surface area contributed by atoms with Gasteiger partial charge in [-0.15, -0.1) is 0 Å². The van der Waals surface area contributed by atoms with E-state index in [-0.39, 0.29) is 44.0 Å². The molecule has 1 aromatic carbocycles. The molecule has 0 spiro atoms. The third kappa shape index (κ3) is 3.16. The van der Waals surface area contributed by atoms with Crippen molar-refractivity contribution in [3.63, 3.8) is 0 Å². The van der Waals surface area contributed by atoms with Crippen molar-refractivity contribution < 1.29 is 44.0 Å². The van der Waals surface area contributed by atoms with Crippen LogP contribution in [-0.2, 0) is 19.2 Å². The van der Waals surface area contributed by atoms with Gasteiger partial charge in [-0.05, 0) is 0 Å². The predicted octanol–water partition coefficient (Wildman–Crippen LogP) is -2.13. The number of fused-ring (bicyclic) bond motifs is 1. The normalized spacial score (nSPS) is 17.7. The van der Waals surface area contributed by atoms with Crippen molar-refractivity contribution in [1.29, 1.82) is 0 Å². The van der Waals surface area contributed by atoms with E-state index in [4.69, 9.17) is 0 Å². The van der Waals surface area contributed by atoms with Crippen molar-refractivity contribution in [2.45, 2.75) is 10.6 Å². The summed E-state index contributed by atoms with van der Waals surface area (Å²) in [7, 11) is 0. The van der Waals surface area contributed by atoms with Crippen molar-refractivity contribution in [1.82, 2.24) is 9.55 Å². The molecule has 0 saturated heterocycles. The van der Waals surface area contributed by atoms with Gasteiger partial charge in [-0.1, -0.05) is 0 Å². The second-order valence-corrected chi connectivity index (χ2v) is 7.42. The Morgan fingerprint density at radius 1 is 1.18 bits per heavy atom. The first-order valence-electron chi connectivity index (χ1n) is 6.83. The van der Waals surface area contributed by atoms with E-state index in [1.807, 2.05) is 12.5 Å². The summed E-state index contributed by atoms with van der Waals surface area (Å²) in [5.41, 5.74) is 4.25. The second-order valence-electron chi connectivity index (χ2n) is 5.07. The Kier molecular flexibility index (Phi) is 5.88. The van der Waals surface area contributed by atoms with Crippen molar-refractivity contribution in [3.05, 3.63) is 76.2 Å². The molecule has 110 valence electrons. The van der Waals surface area contributed by atoms with Gasteiger partial charge in [-0.2, -0.15) is 0 Å². The molecule has 5 heteroatoms. The van der Waals surface area contributed by atoms with E-state index in [9.17, 15) is 0 Å². The van der Waals surface area contributed by atoms with Crippen LogP contribution in [0.3, 0.4) is 0 Å². The molecule has 0 N–H and O–H groups in total. The van der Waals surface area contributed by atoms with Gasteiger partial charge in [0.15, 0.2) is 0 Å². The zero-order valence-electron chi connectivity index (χ0n) is 11.8. The summed E-state index contributed by atoms with van der Waals surface area (Å²) in [6, 6.07) is 8.79. The summed E-state index contributed by atoms with van der Waals surface area (Å²) in [4.78, 5) is 4.20. The largest absolute Gasteiger partial charge is 1.00 e. The van der Waals surface area contributed by atoms with Crippen LogP contribution < -0.4 is 24.8 Å². The molecule has 4 rings (SSSR count). The first-order valence-corrected chi connectivity index (χ1v) is 8.51. The molecule has 1 aromatic heterocycles. The fourth-order valence-corrected chi connectivity index (χ4v) is 5.33. The van der Waals surface area contributed by atoms with Gasteiger partial charge in [0.05, 0.1) is 0 Å². The maximum absolute atomic E-state index is 4.20. The number of hydrogen-bond donors (Lipinski definition) is 0. The third-order valence-electron chi connectivity index (χ3n) is 3.81. The predicted molar refractivity (Wildman–Crippen MR) is 77.4 cm³/mol. The van der Waals surface area contributed by atoms with Crippen LogP contribution in [0.4, 0.5) is 0 Å². The van der Waals surface area contributed by atoms with Gasteiger partial charge < -0.3 is 24.8 Å². The van der Waals surface area contributed by atoms with Crippen LogP contribution in [-0.4, -0.2) is 9.55 Å². The molecule has 0 bridgehead atoms. The van der Waals surface area contributed by atoms with E-state index >= 15 is 0 Å². The molecule has 0 amide bonds. The van der Waals surface area contributed by atoms with Crippen molar-refractivity contribution in [2.24, 2.45) is 0 Å². The Bertz CT molecular complexity index is 733. The molecule has 2 nitrogen and oxygen atoms in total. The summed E-state index contributed by atoms with van der Waals surface area (Å²) < 4.78 is 4.38. The molecular formula is C17H14Cl2N2Ti. The maximum atomic E-state index is 4.20. The summed E-state index contributed by atoms with van der Waals surface area (Å²) in [5.74, 6) is 0. The average Bonchev–Trinajstić information content (AvgIpc) is 3.19. The average molecular weight is 365 g/mol. The maximum Gasteiger partial charge on any atom is -1.00 e. The smallest absolute Gasteiger partial charge is 1.00 e. The zero-order chi connectivity index (χ0) is 13.4. The number of aromatic nitrogens is 2. The third-order valence-corrected chi connectivity index (χ3v) is 6.37. The van der Waals surface area contributed by atoms with Crippen LogP contribution in [0.1, 0.15) is 21.8 Å². The van der Waals surface area contributed by atoms with Crippen LogP contribution in [0.15, 0.2) is 65.1 Å². The Morgan fingerprint density at radius 2 is 2.05 bits per heavy atom. The Balaban J connectivity index is 0.000000882. The monoisotopic (exact) mass is 364 g/mol. The van der Waals surface area contributed by atoms with Gasteiger partial charge in [0.1, 0.15) is 0 Å². The van der Waals surface area contributed by atoms with Crippen LogP contribution in [0.25, 0.3) is 11.8 Å². The number of halogens is 2. The van der Waals surface area contributed by atoms with Gasteiger partial charge in [-0.25, -0.2) is 0 Å². The minimum Gasteiger partial charge on any atom is -1.00 e. The molecule has 0 saturated carbocycles. The van der Waals surface area contributed by atoms with Crippen molar-refractivity contribution in [3.8, 4) is 0 Å². The Hall–Kier alpha value is -1.06. The number of rotatable bonds is 3. The molecule has 1 unspecified atom stereocenters. The van der Waals surface area contributed by atoms with Gasteiger partial charge in [0.2, 0.25) is 0 Å². The minimum absolute atomic E-state index is 0. The number of allylic oxidation sites excluding steroid dienone is 5. The molecule has 22 heavy (non-hydrogen) atoms. The molecule has 2 aliphatic rings. The van der Waals surface area contributed by atoms with Gasteiger partial charge in [-0.3, -0.25) is 0 Å². The van der Waals surface area contributed by atoms with E-state index in [1.54, 1.807) is 3.88 Å². The summed E-state index contributed by atoms with van der Waals surface area (Å²) >= 11 is -0.190. The Morgan fingerprint density at radius 3 is 2.77 bits per heavy atom. The first kappa shape index (κ1) is 17.3. The van der Waals surface area contributed by atoms with E-state index in [0.717, 1.165) is 6.42 Å². The molecule has 0 radical (unpaired) electrons. The Labute approximate surface area is 151 Å². The zero-order valence-corrected chi connectivity index (χ0v) is 14.9. The van der Waals surface area contributed by atoms with E-state index in [2.05, 4.69) is 64.3 Å². The molecule has 0 fully saturated rings. The minimum atomic E-state index is -0.190. The molecule has 2 aliphatic carbocycles. The number of imidazole rings is 1. The summed E-state index contributed by atoms with van der Waals surface area (Å²) in [5, 5.41) is 0. The number of hydrogen-bond acceptors (Lipinski definition) is 1. The number of nitrogens with zero attached hydrogens (tertiary/aromatic N) is 2. The molecule has 1 atom stereocenters. The van der Waals surface area contributed by atoms with Crippen LogP contribution in [0, 0.1) is 0 Å². The van der Waals surface area contributed by atoms with Crippen molar-refractivity contribution >= 4 is 11.8 Å². The van der Waals surface area contributed by atoms with Crippen LogP contribution >= 0.6 is 0 Å². The summed E-state index contributed by atoms with van der Waals surface area (Å²) in [6.45, 7) is 0. The topological polar surface area (TPSA) is 17.8 Å². The molecular weight excluding hydrogens is 351 g/mol. The second kappa shape index (κ2) is 7.48. The van der Waals surface area contributed by atoms with E-state index in [0.29, 0.717) is 4.22 Å². The fourth-order valence-electron chi connectivity index (χ4n) is 2.83. The van der Waals surface area contributed by atoms with Gasteiger partial charge >= 0.3 is 127 Å². The van der Waals surface area contributed by atoms with Crippen LogP contribution in [0.5, 0.6) is 0 Å².